The van der Waals surface area contributed by atoms with E-state index in [4.69, 9.17) is 16.3 Å². The molecule has 1 aromatic rings. The topological polar surface area (TPSA) is 66.8 Å². The lowest BCUT2D eigenvalue weighted by atomic mass is 10.1. The molecule has 5 nitrogen and oxygen atoms in total. The number of carboxylic acid groups (broad SMARTS) is 1. The second-order valence-electron chi connectivity index (χ2n) is 4.25. The molecule has 0 fully saturated rings. The lowest BCUT2D eigenvalue weighted by Crippen LogP contribution is -2.42. The number of benzene rings is 1. The first kappa shape index (κ1) is 15.6. The number of carboxylic acids is 1. The molecular weight excluding hydrogens is 258 g/mol. The summed E-state index contributed by atoms with van der Waals surface area (Å²) in [6.45, 7) is 0.103. The number of hydrogen-bond donors (Lipinski definition) is 1. The zero-order valence-electron chi connectivity index (χ0n) is 11.3. The van der Waals surface area contributed by atoms with Gasteiger partial charge < -0.3 is 9.84 Å². The van der Waals surface area contributed by atoms with Crippen LogP contribution in [0.5, 0.6) is 0 Å². The number of ether oxygens (including phenoxy) is 1. The Morgan fingerprint density at radius 2 is 2.05 bits per heavy atom. The molecule has 0 spiro atoms. The molecule has 0 saturated carbocycles. The second-order valence-corrected chi connectivity index (χ2v) is 4.25. The SMILES string of the molecule is C#CCCC(C(=O)O)N(C)C(=O)OCc1ccccc1. The summed E-state index contributed by atoms with van der Waals surface area (Å²) in [5, 5.41) is 9.09. The Labute approximate surface area is 118 Å². The maximum atomic E-state index is 11.8. The summed E-state index contributed by atoms with van der Waals surface area (Å²) in [7, 11) is 1.39. The lowest BCUT2D eigenvalue weighted by molar-refractivity contribution is -0.142. The van der Waals surface area contributed by atoms with Gasteiger partial charge in [0.2, 0.25) is 0 Å². The van der Waals surface area contributed by atoms with Gasteiger partial charge in [-0.05, 0) is 12.0 Å². The molecule has 0 saturated heterocycles. The summed E-state index contributed by atoms with van der Waals surface area (Å²) in [6, 6.07) is 8.19. The highest BCUT2D eigenvalue weighted by Gasteiger charge is 2.26. The van der Waals surface area contributed by atoms with Gasteiger partial charge in [-0.2, -0.15) is 0 Å². The predicted octanol–water partition coefficient (Wildman–Crippen LogP) is 2.12. The summed E-state index contributed by atoms with van der Waals surface area (Å²) >= 11 is 0. The molecular formula is C15H17NO4. The average molecular weight is 275 g/mol. The van der Waals surface area contributed by atoms with Crippen LogP contribution in [0.1, 0.15) is 18.4 Å². The normalized spacial score (nSPS) is 11.2. The van der Waals surface area contributed by atoms with E-state index in [9.17, 15) is 9.59 Å². The highest BCUT2D eigenvalue weighted by atomic mass is 16.6. The smallest absolute Gasteiger partial charge is 0.410 e. The molecule has 1 unspecified atom stereocenters. The van der Waals surface area contributed by atoms with E-state index in [-0.39, 0.29) is 19.4 Å². The van der Waals surface area contributed by atoms with Gasteiger partial charge in [-0.3, -0.25) is 4.90 Å². The summed E-state index contributed by atoms with van der Waals surface area (Å²) in [5.41, 5.74) is 0.838. The standard InChI is InChI=1S/C15H17NO4/c1-3-4-10-13(14(17)18)16(2)15(19)20-11-12-8-6-5-7-9-12/h1,5-9,13H,4,10-11H2,2H3,(H,17,18). The van der Waals surface area contributed by atoms with Crippen LogP contribution >= 0.6 is 0 Å². The van der Waals surface area contributed by atoms with Crippen molar-refractivity contribution in [2.75, 3.05) is 7.05 Å². The van der Waals surface area contributed by atoms with Crippen LogP contribution in [0.2, 0.25) is 0 Å². The van der Waals surface area contributed by atoms with Crippen molar-refractivity contribution < 1.29 is 19.4 Å². The molecule has 20 heavy (non-hydrogen) atoms. The third-order valence-corrected chi connectivity index (χ3v) is 2.81. The van der Waals surface area contributed by atoms with Crippen molar-refractivity contribution in [3.05, 3.63) is 35.9 Å². The van der Waals surface area contributed by atoms with Crippen molar-refractivity contribution in [3.8, 4) is 12.3 Å². The van der Waals surface area contributed by atoms with Crippen LogP contribution in [-0.4, -0.2) is 35.2 Å². The summed E-state index contributed by atoms with van der Waals surface area (Å²) < 4.78 is 5.07. The number of aliphatic carboxylic acids is 1. The van der Waals surface area contributed by atoms with E-state index < -0.39 is 18.1 Å². The van der Waals surface area contributed by atoms with Crippen molar-refractivity contribution in [1.82, 2.24) is 4.90 Å². The van der Waals surface area contributed by atoms with Crippen molar-refractivity contribution in [3.63, 3.8) is 0 Å². The van der Waals surface area contributed by atoms with Gasteiger partial charge in [-0.25, -0.2) is 9.59 Å². The number of carbonyl (C=O) groups is 2. The van der Waals surface area contributed by atoms with Gasteiger partial charge in [0.25, 0.3) is 0 Å². The minimum absolute atomic E-state index is 0.103. The van der Waals surface area contributed by atoms with Gasteiger partial charge in [-0.15, -0.1) is 12.3 Å². The van der Waals surface area contributed by atoms with E-state index >= 15 is 0 Å². The number of carbonyl (C=O) groups excluding carboxylic acids is 1. The minimum atomic E-state index is -1.10. The molecule has 0 heterocycles. The van der Waals surface area contributed by atoms with Crippen LogP contribution in [0.15, 0.2) is 30.3 Å². The van der Waals surface area contributed by atoms with Crippen molar-refractivity contribution in [1.29, 1.82) is 0 Å². The molecule has 1 amide bonds. The van der Waals surface area contributed by atoms with Crippen molar-refractivity contribution in [2.45, 2.75) is 25.5 Å². The van der Waals surface area contributed by atoms with Gasteiger partial charge in [-0.1, -0.05) is 30.3 Å². The minimum Gasteiger partial charge on any atom is -0.480 e. The molecule has 0 aromatic heterocycles. The molecule has 0 aliphatic heterocycles. The second kappa shape index (κ2) is 7.85. The fourth-order valence-corrected chi connectivity index (χ4v) is 1.65. The Morgan fingerprint density at radius 3 is 2.60 bits per heavy atom. The molecule has 1 aromatic carbocycles. The van der Waals surface area contributed by atoms with Crippen LogP contribution in [0.25, 0.3) is 0 Å². The van der Waals surface area contributed by atoms with E-state index in [1.165, 1.54) is 7.05 Å². The average Bonchev–Trinajstić information content (AvgIpc) is 2.45. The fourth-order valence-electron chi connectivity index (χ4n) is 1.65. The Morgan fingerprint density at radius 1 is 1.40 bits per heavy atom. The molecule has 0 aliphatic rings. The quantitative estimate of drug-likeness (QED) is 0.807. The van der Waals surface area contributed by atoms with E-state index in [0.717, 1.165) is 10.5 Å². The number of amides is 1. The molecule has 0 radical (unpaired) electrons. The first-order valence-electron chi connectivity index (χ1n) is 6.16. The zero-order valence-corrected chi connectivity index (χ0v) is 11.3. The summed E-state index contributed by atoms with van der Waals surface area (Å²) in [6.07, 6.45) is 4.91. The number of terminal acetylenes is 1. The maximum Gasteiger partial charge on any atom is 0.410 e. The van der Waals surface area contributed by atoms with Crippen molar-refractivity contribution in [2.24, 2.45) is 0 Å². The van der Waals surface area contributed by atoms with Crippen LogP contribution in [-0.2, 0) is 16.1 Å². The summed E-state index contributed by atoms with van der Waals surface area (Å²) in [4.78, 5) is 24.0. The monoisotopic (exact) mass is 275 g/mol. The number of hydrogen-bond acceptors (Lipinski definition) is 3. The highest BCUT2D eigenvalue weighted by Crippen LogP contribution is 2.09. The van der Waals surface area contributed by atoms with E-state index in [0.29, 0.717) is 0 Å². The number of likely N-dealkylation sites (N-methyl/N-ethyl adjacent to an activating group) is 1. The first-order valence-corrected chi connectivity index (χ1v) is 6.16. The van der Waals surface area contributed by atoms with E-state index in [1.807, 2.05) is 30.3 Å². The molecule has 1 rings (SSSR count). The number of rotatable bonds is 6. The summed E-state index contributed by atoms with van der Waals surface area (Å²) in [5.74, 6) is 1.26. The van der Waals surface area contributed by atoms with E-state index in [2.05, 4.69) is 5.92 Å². The fraction of sp³-hybridized carbons (Fsp3) is 0.333. The molecule has 1 atom stereocenters. The van der Waals surface area contributed by atoms with Crippen LogP contribution < -0.4 is 0 Å². The zero-order chi connectivity index (χ0) is 15.0. The Bertz CT molecular complexity index is 492. The molecule has 0 aliphatic carbocycles. The van der Waals surface area contributed by atoms with Crippen LogP contribution in [0.4, 0.5) is 4.79 Å². The third kappa shape index (κ3) is 4.65. The van der Waals surface area contributed by atoms with Gasteiger partial charge >= 0.3 is 12.1 Å². The van der Waals surface area contributed by atoms with Gasteiger partial charge in [0.1, 0.15) is 12.6 Å². The van der Waals surface area contributed by atoms with Gasteiger partial charge in [0.15, 0.2) is 0 Å². The number of nitrogens with zero attached hydrogens (tertiary/aromatic N) is 1. The molecule has 106 valence electrons. The van der Waals surface area contributed by atoms with Crippen LogP contribution in [0, 0.1) is 12.3 Å². The Kier molecular flexibility index (Phi) is 6.11. The molecule has 5 heteroatoms. The predicted molar refractivity (Wildman–Crippen MR) is 73.9 cm³/mol. The molecule has 1 N–H and O–H groups in total. The maximum absolute atomic E-state index is 11.8. The largest absolute Gasteiger partial charge is 0.480 e. The Balaban J connectivity index is 2.56. The van der Waals surface area contributed by atoms with E-state index in [1.54, 1.807) is 0 Å². The van der Waals surface area contributed by atoms with Crippen molar-refractivity contribution >= 4 is 12.1 Å². The first-order chi connectivity index (χ1) is 9.56. The molecule has 0 bridgehead atoms. The van der Waals surface area contributed by atoms with Gasteiger partial charge in [0.05, 0.1) is 0 Å². The Hall–Kier alpha value is -2.48. The highest BCUT2D eigenvalue weighted by molar-refractivity contribution is 5.79. The van der Waals surface area contributed by atoms with Crippen LogP contribution in [0.3, 0.4) is 0 Å². The van der Waals surface area contributed by atoms with Gasteiger partial charge in [0, 0.05) is 13.5 Å². The lowest BCUT2D eigenvalue weighted by Gasteiger charge is -2.23. The third-order valence-electron chi connectivity index (χ3n) is 2.81.